The predicted molar refractivity (Wildman–Crippen MR) is 130 cm³/mol. The van der Waals surface area contributed by atoms with Crippen molar-refractivity contribution in [3.8, 4) is 0 Å². The van der Waals surface area contributed by atoms with Gasteiger partial charge in [-0.2, -0.15) is 0 Å². The normalized spacial score (nSPS) is 15.5. The van der Waals surface area contributed by atoms with E-state index in [1.807, 2.05) is 48.7 Å². The van der Waals surface area contributed by atoms with E-state index < -0.39 is 0 Å². The van der Waals surface area contributed by atoms with Gasteiger partial charge >= 0.3 is 0 Å². The van der Waals surface area contributed by atoms with Gasteiger partial charge in [0.15, 0.2) is 10.3 Å². The molecule has 0 unspecified atom stereocenters. The number of nitrogens with one attached hydrogen (secondary N) is 1. The van der Waals surface area contributed by atoms with E-state index in [0.717, 1.165) is 33.8 Å². The Labute approximate surface area is 196 Å². The van der Waals surface area contributed by atoms with Crippen LogP contribution in [0.15, 0.2) is 65.1 Å². The molecule has 9 heteroatoms. The monoisotopic (exact) mass is 484 g/mol. The Balaban J connectivity index is 1.53. The van der Waals surface area contributed by atoms with Gasteiger partial charge in [0.1, 0.15) is 0 Å². The van der Waals surface area contributed by atoms with Crippen LogP contribution in [0.5, 0.6) is 0 Å². The molecule has 0 saturated carbocycles. The van der Waals surface area contributed by atoms with E-state index >= 15 is 0 Å². The molecule has 1 amide bonds. The standard InChI is InChI=1S/C22H14Cl2N4OS2/c23-16-6-5-13(9-17(16)24)11-27-12-14(15-3-1-2-4-18(15)27)10-19-20(29)28(21(25)31-19)22-26-7-8-30-22/h1-10,12,25H,11H2. The maximum Gasteiger partial charge on any atom is 0.273 e. The summed E-state index contributed by atoms with van der Waals surface area (Å²) in [6.45, 7) is 0.614. The number of carbonyl (C=O) groups excluding carboxylic acids is 1. The Morgan fingerprint density at radius 2 is 1.97 bits per heavy atom. The summed E-state index contributed by atoms with van der Waals surface area (Å²) in [5.41, 5.74) is 2.99. The van der Waals surface area contributed by atoms with E-state index in [0.29, 0.717) is 26.6 Å². The van der Waals surface area contributed by atoms with Crippen molar-refractivity contribution in [1.82, 2.24) is 9.55 Å². The summed E-state index contributed by atoms with van der Waals surface area (Å²) >= 11 is 14.7. The van der Waals surface area contributed by atoms with E-state index in [2.05, 4.69) is 9.55 Å². The van der Waals surface area contributed by atoms with E-state index in [9.17, 15) is 4.79 Å². The Kier molecular flexibility index (Phi) is 5.35. The Bertz CT molecular complexity index is 1360. The van der Waals surface area contributed by atoms with Crippen molar-refractivity contribution in [3.63, 3.8) is 0 Å². The number of nitrogens with zero attached hydrogens (tertiary/aromatic N) is 3. The first-order valence-electron chi connectivity index (χ1n) is 9.25. The molecular formula is C22H14Cl2N4OS2. The number of carbonyl (C=O) groups is 1. The zero-order valence-corrected chi connectivity index (χ0v) is 19.0. The van der Waals surface area contributed by atoms with E-state index in [-0.39, 0.29) is 11.1 Å². The van der Waals surface area contributed by atoms with Gasteiger partial charge in [0.05, 0.1) is 15.0 Å². The molecule has 1 aliphatic heterocycles. The molecule has 2 aromatic carbocycles. The molecule has 5 nitrogen and oxygen atoms in total. The van der Waals surface area contributed by atoms with Crippen molar-refractivity contribution in [3.05, 3.63) is 86.3 Å². The molecule has 31 heavy (non-hydrogen) atoms. The molecule has 5 rings (SSSR count). The topological polar surface area (TPSA) is 62.0 Å². The van der Waals surface area contributed by atoms with Gasteiger partial charge in [-0.25, -0.2) is 9.88 Å². The fourth-order valence-corrected chi connectivity index (χ4v) is 5.34. The van der Waals surface area contributed by atoms with Crippen molar-refractivity contribution in [2.75, 3.05) is 4.90 Å². The van der Waals surface area contributed by atoms with Crippen molar-refractivity contribution in [2.45, 2.75) is 6.54 Å². The highest BCUT2D eigenvalue weighted by Gasteiger charge is 2.35. The third-order valence-electron chi connectivity index (χ3n) is 4.88. The molecule has 3 heterocycles. The first-order chi connectivity index (χ1) is 15.0. The van der Waals surface area contributed by atoms with Gasteiger partial charge in [-0.3, -0.25) is 10.2 Å². The van der Waals surface area contributed by atoms with Gasteiger partial charge in [0.2, 0.25) is 0 Å². The molecule has 0 atom stereocenters. The molecule has 4 aromatic rings. The number of fused-ring (bicyclic) bond motifs is 1. The van der Waals surface area contributed by atoms with Crippen molar-refractivity contribution in [1.29, 1.82) is 5.41 Å². The lowest BCUT2D eigenvalue weighted by atomic mass is 10.1. The average Bonchev–Trinajstić information content (AvgIpc) is 3.45. The molecule has 0 aliphatic carbocycles. The molecule has 2 aromatic heterocycles. The molecule has 0 radical (unpaired) electrons. The third kappa shape index (κ3) is 3.78. The largest absolute Gasteiger partial charge is 0.342 e. The number of hydrogen-bond acceptors (Lipinski definition) is 5. The summed E-state index contributed by atoms with van der Waals surface area (Å²) in [6.07, 6.45) is 5.50. The maximum absolute atomic E-state index is 13.0. The van der Waals surface area contributed by atoms with Gasteiger partial charge in [0.25, 0.3) is 5.91 Å². The van der Waals surface area contributed by atoms with Gasteiger partial charge < -0.3 is 4.57 Å². The predicted octanol–water partition coefficient (Wildman–Crippen LogP) is 6.51. The number of amides is 1. The van der Waals surface area contributed by atoms with E-state index in [4.69, 9.17) is 28.6 Å². The maximum atomic E-state index is 13.0. The number of amidine groups is 1. The van der Waals surface area contributed by atoms with Crippen LogP contribution >= 0.6 is 46.3 Å². The lowest BCUT2D eigenvalue weighted by molar-refractivity contribution is -0.113. The summed E-state index contributed by atoms with van der Waals surface area (Å²) in [4.78, 5) is 19.0. The molecule has 0 bridgehead atoms. The fourth-order valence-electron chi connectivity index (χ4n) is 3.48. The Morgan fingerprint density at radius 3 is 2.74 bits per heavy atom. The number of halogens is 2. The molecule has 1 N–H and O–H groups in total. The van der Waals surface area contributed by atoms with Crippen molar-refractivity contribution in [2.24, 2.45) is 0 Å². The van der Waals surface area contributed by atoms with Crippen molar-refractivity contribution < 1.29 is 4.79 Å². The molecule has 1 fully saturated rings. The first-order valence-corrected chi connectivity index (χ1v) is 11.7. The number of thioether (sulfide) groups is 1. The number of rotatable bonds is 4. The molecule has 0 spiro atoms. The van der Waals surface area contributed by atoms with Crippen LogP contribution < -0.4 is 4.90 Å². The smallest absolute Gasteiger partial charge is 0.273 e. The van der Waals surface area contributed by atoms with Gasteiger partial charge in [0, 0.05) is 40.8 Å². The highest BCUT2D eigenvalue weighted by atomic mass is 35.5. The number of anilines is 1. The van der Waals surface area contributed by atoms with Crippen LogP contribution in [-0.2, 0) is 11.3 Å². The second-order valence-electron chi connectivity index (χ2n) is 6.85. The Hall–Kier alpha value is -2.58. The second-order valence-corrected chi connectivity index (χ2v) is 9.57. The highest BCUT2D eigenvalue weighted by molar-refractivity contribution is 8.19. The minimum Gasteiger partial charge on any atom is -0.342 e. The molecular weight excluding hydrogens is 471 g/mol. The molecule has 1 aliphatic rings. The summed E-state index contributed by atoms with van der Waals surface area (Å²) in [7, 11) is 0. The summed E-state index contributed by atoms with van der Waals surface area (Å²) in [6, 6.07) is 13.6. The number of thiazole rings is 1. The quantitative estimate of drug-likeness (QED) is 0.335. The number of aromatic nitrogens is 2. The van der Waals surface area contributed by atoms with Crippen LogP contribution in [0, 0.1) is 5.41 Å². The highest BCUT2D eigenvalue weighted by Crippen LogP contribution is 2.37. The fraction of sp³-hybridized carbons (Fsp3) is 0.0455. The van der Waals surface area contributed by atoms with Crippen LogP contribution in [-0.4, -0.2) is 20.6 Å². The third-order valence-corrected chi connectivity index (χ3v) is 7.26. The zero-order valence-electron chi connectivity index (χ0n) is 15.9. The molecule has 1 saturated heterocycles. The summed E-state index contributed by atoms with van der Waals surface area (Å²) < 4.78 is 2.12. The van der Waals surface area contributed by atoms with E-state index in [1.165, 1.54) is 16.2 Å². The molecule has 154 valence electrons. The SMILES string of the molecule is N=C1SC(=Cc2cn(Cc3ccc(Cl)c(Cl)c3)c3ccccc23)C(=O)N1c1nccs1. The van der Waals surface area contributed by atoms with Gasteiger partial charge in [-0.15, -0.1) is 11.3 Å². The average molecular weight is 485 g/mol. The van der Waals surface area contributed by atoms with Crippen LogP contribution in [0.1, 0.15) is 11.1 Å². The number of hydrogen-bond donors (Lipinski definition) is 1. The number of para-hydroxylation sites is 1. The van der Waals surface area contributed by atoms with Crippen LogP contribution in [0.2, 0.25) is 10.0 Å². The zero-order chi connectivity index (χ0) is 21.5. The van der Waals surface area contributed by atoms with Crippen LogP contribution in [0.25, 0.3) is 17.0 Å². The summed E-state index contributed by atoms with van der Waals surface area (Å²) in [5.74, 6) is -0.230. The Morgan fingerprint density at radius 1 is 1.13 bits per heavy atom. The van der Waals surface area contributed by atoms with Gasteiger partial charge in [-0.1, -0.05) is 47.5 Å². The van der Waals surface area contributed by atoms with Crippen LogP contribution in [0.4, 0.5) is 5.13 Å². The first kappa shape index (κ1) is 20.3. The minimum atomic E-state index is -0.230. The minimum absolute atomic E-state index is 0.158. The van der Waals surface area contributed by atoms with Gasteiger partial charge in [-0.05, 0) is 41.6 Å². The van der Waals surface area contributed by atoms with Crippen molar-refractivity contribution >= 4 is 79.5 Å². The lowest BCUT2D eigenvalue weighted by Crippen LogP contribution is -2.27. The number of benzene rings is 2. The second kappa shape index (κ2) is 8.16. The van der Waals surface area contributed by atoms with Crippen LogP contribution in [0.3, 0.4) is 0 Å². The lowest BCUT2D eigenvalue weighted by Gasteiger charge is -2.08. The summed E-state index contributed by atoms with van der Waals surface area (Å²) in [5, 5.41) is 12.8. The van der Waals surface area contributed by atoms with E-state index in [1.54, 1.807) is 17.6 Å².